The first-order valence-electron chi connectivity index (χ1n) is 8.78. The maximum absolute atomic E-state index is 12.7. The van der Waals surface area contributed by atoms with E-state index >= 15 is 0 Å². The Morgan fingerprint density at radius 1 is 1.17 bits per heavy atom. The number of ether oxygens (including phenoxy) is 2. The second-order valence-corrected chi connectivity index (χ2v) is 7.41. The smallest absolute Gasteiger partial charge is 0.293 e. The largest absolute Gasteiger partial charge is 0.490 e. The summed E-state index contributed by atoms with van der Waals surface area (Å²) < 4.78 is 10.9. The van der Waals surface area contributed by atoms with Crippen LogP contribution < -0.4 is 9.47 Å². The van der Waals surface area contributed by atoms with Crippen LogP contribution in [0.1, 0.15) is 18.1 Å². The minimum atomic E-state index is -0.359. The Labute approximate surface area is 177 Å². The number of nitrogens with zero attached hydrogens (tertiary/aromatic N) is 2. The Morgan fingerprint density at radius 3 is 2.72 bits per heavy atom. The van der Waals surface area contributed by atoms with E-state index in [1.165, 1.54) is 4.90 Å². The number of carbonyl (C=O) groups excluding carboxylic acids is 2. The number of nitriles is 1. The van der Waals surface area contributed by atoms with Crippen LogP contribution in [0.5, 0.6) is 11.5 Å². The van der Waals surface area contributed by atoms with Gasteiger partial charge in [0, 0.05) is 5.02 Å². The van der Waals surface area contributed by atoms with E-state index in [2.05, 4.69) is 0 Å². The number of rotatable bonds is 7. The molecule has 1 heterocycles. The van der Waals surface area contributed by atoms with E-state index in [1.807, 2.05) is 19.1 Å². The Hall–Kier alpha value is -2.95. The van der Waals surface area contributed by atoms with E-state index in [0.29, 0.717) is 33.6 Å². The van der Waals surface area contributed by atoms with Gasteiger partial charge in [0.25, 0.3) is 11.1 Å². The van der Waals surface area contributed by atoms with Crippen LogP contribution in [-0.2, 0) is 11.3 Å². The van der Waals surface area contributed by atoms with Crippen molar-refractivity contribution in [3.63, 3.8) is 0 Å². The Morgan fingerprint density at radius 2 is 2.00 bits per heavy atom. The molecule has 0 unspecified atom stereocenters. The summed E-state index contributed by atoms with van der Waals surface area (Å²) in [6.45, 7) is 2.32. The molecule has 2 amide bonds. The van der Waals surface area contributed by atoms with Gasteiger partial charge in [-0.2, -0.15) is 5.26 Å². The summed E-state index contributed by atoms with van der Waals surface area (Å²) in [5, 5.41) is 8.90. The monoisotopic (exact) mass is 428 g/mol. The third kappa shape index (κ3) is 5.11. The number of hydrogen-bond acceptors (Lipinski definition) is 6. The highest BCUT2D eigenvalue weighted by Gasteiger charge is 2.35. The second kappa shape index (κ2) is 9.50. The van der Waals surface area contributed by atoms with Crippen LogP contribution in [0.25, 0.3) is 6.08 Å². The molecule has 8 heteroatoms. The van der Waals surface area contributed by atoms with Crippen LogP contribution in [0, 0.1) is 11.3 Å². The summed E-state index contributed by atoms with van der Waals surface area (Å²) in [7, 11) is 0. The molecular formula is C21H17ClN2O4S. The standard InChI is InChI=1S/C21H17ClN2O4S/c1-2-27-18-11-14(6-7-17(18)28-9-8-23)12-19-20(25)24(21(26)29-19)13-15-4-3-5-16(22)10-15/h3-7,10-12H,2,9,13H2,1H3/b19-12-. The lowest BCUT2D eigenvalue weighted by molar-refractivity contribution is -0.123. The van der Waals surface area contributed by atoms with E-state index < -0.39 is 0 Å². The highest BCUT2D eigenvalue weighted by atomic mass is 35.5. The molecule has 0 atom stereocenters. The fourth-order valence-corrected chi connectivity index (χ4v) is 3.77. The predicted octanol–water partition coefficient (Wildman–Crippen LogP) is 4.88. The van der Waals surface area contributed by atoms with Crippen LogP contribution in [-0.4, -0.2) is 29.3 Å². The molecule has 0 spiro atoms. The van der Waals surface area contributed by atoms with Crippen molar-refractivity contribution in [3.8, 4) is 17.6 Å². The molecule has 0 saturated carbocycles. The topological polar surface area (TPSA) is 79.6 Å². The van der Waals surface area contributed by atoms with Gasteiger partial charge in [0.05, 0.1) is 18.1 Å². The summed E-state index contributed by atoms with van der Waals surface area (Å²) in [6, 6.07) is 14.1. The summed E-state index contributed by atoms with van der Waals surface area (Å²) in [4.78, 5) is 26.6. The van der Waals surface area contributed by atoms with Gasteiger partial charge >= 0.3 is 0 Å². The highest BCUT2D eigenvalue weighted by molar-refractivity contribution is 8.18. The zero-order valence-corrected chi connectivity index (χ0v) is 17.1. The molecule has 0 bridgehead atoms. The predicted molar refractivity (Wildman–Crippen MR) is 112 cm³/mol. The fourth-order valence-electron chi connectivity index (χ4n) is 2.72. The highest BCUT2D eigenvalue weighted by Crippen LogP contribution is 2.35. The van der Waals surface area contributed by atoms with Gasteiger partial charge in [-0.1, -0.05) is 29.8 Å². The van der Waals surface area contributed by atoms with Gasteiger partial charge in [-0.25, -0.2) is 0 Å². The number of amides is 2. The molecule has 6 nitrogen and oxygen atoms in total. The van der Waals surface area contributed by atoms with E-state index in [0.717, 1.165) is 17.3 Å². The molecule has 1 saturated heterocycles. The molecule has 148 valence electrons. The third-order valence-electron chi connectivity index (χ3n) is 3.96. The van der Waals surface area contributed by atoms with Gasteiger partial charge in [-0.05, 0) is 60.2 Å². The van der Waals surface area contributed by atoms with Crippen molar-refractivity contribution in [1.82, 2.24) is 4.90 Å². The Kier molecular flexibility index (Phi) is 6.81. The molecule has 2 aromatic rings. The molecule has 0 N–H and O–H groups in total. The zero-order valence-electron chi connectivity index (χ0n) is 15.6. The minimum absolute atomic E-state index is 0.0954. The lowest BCUT2D eigenvalue weighted by atomic mass is 10.1. The van der Waals surface area contributed by atoms with Crippen LogP contribution in [0.4, 0.5) is 4.79 Å². The van der Waals surface area contributed by atoms with Crippen molar-refractivity contribution in [2.24, 2.45) is 0 Å². The number of imide groups is 1. The number of halogens is 1. The summed E-state index contributed by atoms with van der Waals surface area (Å²) in [5.74, 6) is 0.553. The fraction of sp³-hybridized carbons (Fsp3) is 0.190. The molecule has 2 aromatic carbocycles. The molecule has 3 rings (SSSR count). The van der Waals surface area contributed by atoms with E-state index in [9.17, 15) is 9.59 Å². The van der Waals surface area contributed by atoms with E-state index in [-0.39, 0.29) is 24.3 Å². The van der Waals surface area contributed by atoms with Gasteiger partial charge in [0.15, 0.2) is 18.1 Å². The second-order valence-electron chi connectivity index (χ2n) is 5.98. The van der Waals surface area contributed by atoms with Crippen molar-refractivity contribution < 1.29 is 19.1 Å². The first-order valence-corrected chi connectivity index (χ1v) is 9.97. The normalized spacial score (nSPS) is 14.9. The summed E-state index contributed by atoms with van der Waals surface area (Å²) >= 11 is 6.87. The molecule has 0 radical (unpaired) electrons. The van der Waals surface area contributed by atoms with Crippen molar-refractivity contribution in [2.45, 2.75) is 13.5 Å². The summed E-state index contributed by atoms with van der Waals surface area (Å²) in [5.41, 5.74) is 1.46. The molecule has 1 aliphatic heterocycles. The van der Waals surface area contributed by atoms with E-state index in [1.54, 1.807) is 42.5 Å². The van der Waals surface area contributed by atoms with Crippen molar-refractivity contribution in [1.29, 1.82) is 5.26 Å². The van der Waals surface area contributed by atoms with Gasteiger partial charge in [0.2, 0.25) is 0 Å². The molecule has 29 heavy (non-hydrogen) atoms. The number of hydrogen-bond donors (Lipinski definition) is 0. The van der Waals surface area contributed by atoms with Crippen molar-refractivity contribution >= 4 is 40.6 Å². The first-order chi connectivity index (χ1) is 14.0. The van der Waals surface area contributed by atoms with Gasteiger partial charge in [0.1, 0.15) is 6.07 Å². The van der Waals surface area contributed by atoms with Crippen molar-refractivity contribution in [3.05, 3.63) is 63.5 Å². The van der Waals surface area contributed by atoms with Gasteiger partial charge in [-0.15, -0.1) is 0 Å². The Bertz CT molecular complexity index is 1020. The van der Waals surface area contributed by atoms with Gasteiger partial charge < -0.3 is 9.47 Å². The molecule has 0 aliphatic carbocycles. The number of carbonyl (C=O) groups is 2. The SMILES string of the molecule is CCOc1cc(/C=C2\SC(=O)N(Cc3cccc(Cl)c3)C2=O)ccc1OCC#N. The maximum Gasteiger partial charge on any atom is 0.293 e. The average molecular weight is 429 g/mol. The minimum Gasteiger partial charge on any atom is -0.490 e. The van der Waals surface area contributed by atoms with E-state index in [4.69, 9.17) is 26.3 Å². The maximum atomic E-state index is 12.7. The van der Waals surface area contributed by atoms with Crippen LogP contribution in [0.3, 0.4) is 0 Å². The summed E-state index contributed by atoms with van der Waals surface area (Å²) in [6.07, 6.45) is 1.64. The first kappa shape index (κ1) is 20.8. The molecule has 1 aliphatic rings. The van der Waals surface area contributed by atoms with Crippen molar-refractivity contribution in [2.75, 3.05) is 13.2 Å². The van der Waals surface area contributed by atoms with Crippen LogP contribution in [0.2, 0.25) is 5.02 Å². The lowest BCUT2D eigenvalue weighted by Gasteiger charge is -2.12. The zero-order chi connectivity index (χ0) is 20.8. The van der Waals surface area contributed by atoms with Gasteiger partial charge in [-0.3, -0.25) is 14.5 Å². The molecule has 0 aromatic heterocycles. The lowest BCUT2D eigenvalue weighted by Crippen LogP contribution is -2.27. The number of thioether (sulfide) groups is 1. The third-order valence-corrected chi connectivity index (χ3v) is 5.10. The van der Waals surface area contributed by atoms with Crippen LogP contribution in [0.15, 0.2) is 47.4 Å². The average Bonchev–Trinajstić information content (AvgIpc) is 2.95. The molecule has 1 fully saturated rings. The number of benzene rings is 2. The molecular weight excluding hydrogens is 412 g/mol. The van der Waals surface area contributed by atoms with Crippen LogP contribution >= 0.6 is 23.4 Å². The quantitative estimate of drug-likeness (QED) is 0.585. The Balaban J connectivity index is 1.81.